The van der Waals surface area contributed by atoms with Gasteiger partial charge in [-0.3, -0.25) is 0 Å². The molecular weight excluding hydrogens is 305 g/mol. The maximum absolute atomic E-state index is 6.34. The van der Waals surface area contributed by atoms with E-state index in [1.165, 1.54) is 11.1 Å². The van der Waals surface area contributed by atoms with Crippen molar-refractivity contribution >= 4 is 34.2 Å². The van der Waals surface area contributed by atoms with Crippen LogP contribution in [-0.2, 0) is 0 Å². The van der Waals surface area contributed by atoms with Crippen molar-refractivity contribution in [2.24, 2.45) is 5.73 Å². The van der Waals surface area contributed by atoms with Crippen LogP contribution >= 0.6 is 23.2 Å². The van der Waals surface area contributed by atoms with Crippen molar-refractivity contribution in [1.29, 1.82) is 0 Å². The second-order valence-corrected chi connectivity index (χ2v) is 6.20. The van der Waals surface area contributed by atoms with Gasteiger partial charge in [0.2, 0.25) is 0 Å². The Labute approximate surface area is 133 Å². The molecule has 1 heterocycles. The van der Waals surface area contributed by atoms with E-state index in [1.54, 1.807) is 6.07 Å². The first-order chi connectivity index (χ1) is 9.94. The largest absolute Gasteiger partial charge is 0.457 e. The van der Waals surface area contributed by atoms with Crippen molar-refractivity contribution in [1.82, 2.24) is 0 Å². The third-order valence-electron chi connectivity index (χ3n) is 3.46. The summed E-state index contributed by atoms with van der Waals surface area (Å²) in [5.41, 5.74) is 10.3. The van der Waals surface area contributed by atoms with E-state index < -0.39 is 0 Å². The average Bonchev–Trinajstić information content (AvgIpc) is 2.80. The summed E-state index contributed by atoms with van der Waals surface area (Å²) >= 11 is 12.2. The van der Waals surface area contributed by atoms with Gasteiger partial charge < -0.3 is 10.2 Å². The Balaban J connectivity index is 2.09. The lowest BCUT2D eigenvalue weighted by Crippen LogP contribution is -2.11. The van der Waals surface area contributed by atoms with Crippen LogP contribution < -0.4 is 5.73 Å². The summed E-state index contributed by atoms with van der Waals surface area (Å²) in [4.78, 5) is 0. The van der Waals surface area contributed by atoms with Crippen LogP contribution in [0.1, 0.15) is 28.5 Å². The highest BCUT2D eigenvalue weighted by Gasteiger charge is 2.16. The zero-order valence-corrected chi connectivity index (χ0v) is 13.3. The molecule has 0 saturated heterocycles. The smallest absolute Gasteiger partial charge is 0.153 e. The Morgan fingerprint density at radius 2 is 1.62 bits per heavy atom. The molecule has 21 heavy (non-hydrogen) atoms. The Kier molecular flexibility index (Phi) is 3.70. The van der Waals surface area contributed by atoms with Crippen LogP contribution in [0.15, 0.2) is 40.8 Å². The van der Waals surface area contributed by atoms with Crippen LogP contribution in [0, 0.1) is 13.8 Å². The molecule has 0 bridgehead atoms. The van der Waals surface area contributed by atoms with E-state index in [0.717, 1.165) is 10.9 Å². The molecule has 0 fully saturated rings. The fraction of sp³-hybridized carbons (Fsp3) is 0.176. The zero-order chi connectivity index (χ0) is 15.1. The van der Waals surface area contributed by atoms with Gasteiger partial charge in [0.1, 0.15) is 5.76 Å². The Morgan fingerprint density at radius 1 is 0.952 bits per heavy atom. The molecule has 1 aromatic heterocycles. The van der Waals surface area contributed by atoms with Crippen LogP contribution in [0.25, 0.3) is 11.0 Å². The summed E-state index contributed by atoms with van der Waals surface area (Å²) in [5.74, 6) is 0.680. The predicted octanol–water partition coefficient (Wildman–Crippen LogP) is 5.40. The summed E-state index contributed by atoms with van der Waals surface area (Å²) in [7, 11) is 0. The molecule has 108 valence electrons. The summed E-state index contributed by atoms with van der Waals surface area (Å²) in [6.07, 6.45) is 0. The molecule has 2 aromatic carbocycles. The van der Waals surface area contributed by atoms with E-state index in [0.29, 0.717) is 21.4 Å². The molecule has 0 aliphatic rings. The van der Waals surface area contributed by atoms with Gasteiger partial charge >= 0.3 is 0 Å². The minimum Gasteiger partial charge on any atom is -0.457 e. The van der Waals surface area contributed by atoms with E-state index in [2.05, 4.69) is 32.0 Å². The SMILES string of the molecule is Cc1cc(C)cc(C(N)c2cc3cc(Cl)cc(Cl)c3o2)c1. The molecule has 3 rings (SSSR count). The second-order valence-electron chi connectivity index (χ2n) is 5.35. The number of fused-ring (bicyclic) bond motifs is 1. The molecular formula is C17H15Cl2NO. The Hall–Kier alpha value is -1.48. The summed E-state index contributed by atoms with van der Waals surface area (Å²) in [6, 6.07) is 11.3. The summed E-state index contributed by atoms with van der Waals surface area (Å²) in [6.45, 7) is 4.11. The molecule has 0 spiro atoms. The Morgan fingerprint density at radius 3 is 2.29 bits per heavy atom. The second kappa shape index (κ2) is 5.38. The lowest BCUT2D eigenvalue weighted by Gasteiger charge is -2.11. The monoisotopic (exact) mass is 319 g/mol. The minimum atomic E-state index is -0.328. The van der Waals surface area contributed by atoms with E-state index >= 15 is 0 Å². The third kappa shape index (κ3) is 2.80. The van der Waals surface area contributed by atoms with Gasteiger partial charge in [0.15, 0.2) is 5.58 Å². The zero-order valence-electron chi connectivity index (χ0n) is 11.8. The van der Waals surface area contributed by atoms with Gasteiger partial charge in [0, 0.05) is 10.4 Å². The van der Waals surface area contributed by atoms with Crippen LogP contribution in [0.5, 0.6) is 0 Å². The number of hydrogen-bond acceptors (Lipinski definition) is 2. The molecule has 2 nitrogen and oxygen atoms in total. The van der Waals surface area contributed by atoms with Crippen molar-refractivity contribution in [2.45, 2.75) is 19.9 Å². The van der Waals surface area contributed by atoms with E-state index in [4.69, 9.17) is 33.4 Å². The van der Waals surface area contributed by atoms with Crippen LogP contribution in [0.3, 0.4) is 0 Å². The first-order valence-corrected chi connectivity index (χ1v) is 7.42. The lowest BCUT2D eigenvalue weighted by molar-refractivity contribution is 0.525. The van der Waals surface area contributed by atoms with Crippen molar-refractivity contribution in [3.05, 3.63) is 68.9 Å². The molecule has 0 saturated carbocycles. The molecule has 4 heteroatoms. The fourth-order valence-corrected chi connectivity index (χ4v) is 3.15. The van der Waals surface area contributed by atoms with Crippen LogP contribution in [0.2, 0.25) is 10.0 Å². The van der Waals surface area contributed by atoms with Crippen LogP contribution in [-0.4, -0.2) is 0 Å². The van der Waals surface area contributed by atoms with Crippen molar-refractivity contribution < 1.29 is 4.42 Å². The van der Waals surface area contributed by atoms with Gasteiger partial charge in [0.05, 0.1) is 11.1 Å². The first kappa shape index (κ1) is 14.5. The molecule has 3 aromatic rings. The number of nitrogens with two attached hydrogens (primary N) is 1. The number of halogens is 2. The molecule has 0 radical (unpaired) electrons. The summed E-state index contributed by atoms with van der Waals surface area (Å²) < 4.78 is 5.83. The number of furan rings is 1. The minimum absolute atomic E-state index is 0.328. The average molecular weight is 320 g/mol. The van der Waals surface area contributed by atoms with E-state index in [1.807, 2.05) is 12.1 Å². The molecule has 0 aliphatic heterocycles. The molecule has 1 atom stereocenters. The topological polar surface area (TPSA) is 39.2 Å². The lowest BCUT2D eigenvalue weighted by atomic mass is 10.0. The number of aryl methyl sites for hydroxylation is 2. The number of benzene rings is 2. The number of hydrogen-bond donors (Lipinski definition) is 1. The van der Waals surface area contributed by atoms with Gasteiger partial charge in [-0.15, -0.1) is 0 Å². The van der Waals surface area contributed by atoms with Gasteiger partial charge in [0.25, 0.3) is 0 Å². The van der Waals surface area contributed by atoms with Gasteiger partial charge in [-0.25, -0.2) is 0 Å². The quantitative estimate of drug-likeness (QED) is 0.686. The fourth-order valence-electron chi connectivity index (χ4n) is 2.60. The molecule has 0 aliphatic carbocycles. The van der Waals surface area contributed by atoms with Crippen molar-refractivity contribution in [2.75, 3.05) is 0 Å². The Bertz CT molecular complexity index is 803. The van der Waals surface area contributed by atoms with Gasteiger partial charge in [-0.2, -0.15) is 0 Å². The van der Waals surface area contributed by atoms with Crippen LogP contribution in [0.4, 0.5) is 0 Å². The highest BCUT2D eigenvalue weighted by Crippen LogP contribution is 2.33. The van der Waals surface area contributed by atoms with Crippen molar-refractivity contribution in [3.8, 4) is 0 Å². The first-order valence-electron chi connectivity index (χ1n) is 6.66. The van der Waals surface area contributed by atoms with E-state index in [-0.39, 0.29) is 6.04 Å². The van der Waals surface area contributed by atoms with Gasteiger partial charge in [-0.05, 0) is 37.6 Å². The highest BCUT2D eigenvalue weighted by atomic mass is 35.5. The highest BCUT2D eigenvalue weighted by molar-refractivity contribution is 6.38. The standard InChI is InChI=1S/C17H15Cl2NO/c1-9-3-10(2)5-11(4-9)16(20)15-7-12-6-13(18)8-14(19)17(12)21-15/h3-8,16H,20H2,1-2H3. The maximum atomic E-state index is 6.34. The van der Waals surface area contributed by atoms with Gasteiger partial charge in [-0.1, -0.05) is 52.5 Å². The normalized spacial score (nSPS) is 12.8. The molecule has 1 unspecified atom stereocenters. The number of rotatable bonds is 2. The molecule has 0 amide bonds. The molecule has 2 N–H and O–H groups in total. The third-order valence-corrected chi connectivity index (χ3v) is 3.96. The van der Waals surface area contributed by atoms with Crippen molar-refractivity contribution in [3.63, 3.8) is 0 Å². The summed E-state index contributed by atoms with van der Waals surface area (Å²) in [5, 5.41) is 1.94. The maximum Gasteiger partial charge on any atom is 0.153 e. The predicted molar refractivity (Wildman–Crippen MR) is 88.2 cm³/mol. The van der Waals surface area contributed by atoms with E-state index in [9.17, 15) is 0 Å².